The van der Waals surface area contributed by atoms with Crippen molar-refractivity contribution in [3.63, 3.8) is 0 Å². The van der Waals surface area contributed by atoms with Crippen molar-refractivity contribution in [2.24, 2.45) is 0 Å². The van der Waals surface area contributed by atoms with E-state index in [1.807, 2.05) is 37.3 Å². The summed E-state index contributed by atoms with van der Waals surface area (Å²) in [6, 6.07) is 15.6. The molecule has 20 heavy (non-hydrogen) atoms. The standard InChI is InChI=1S/C16H16N2O2/c1-2-12-8-6-7-11-14(12)17-16(20)18-15(19)13-9-4-3-5-10-13/h3-11H,2H2,1H3,(H2,17,18,19,20). The molecule has 0 spiro atoms. The van der Waals surface area contributed by atoms with Gasteiger partial charge in [0.25, 0.3) is 5.91 Å². The molecule has 0 atom stereocenters. The normalized spacial score (nSPS) is 9.85. The van der Waals surface area contributed by atoms with Crippen LogP contribution in [0, 0.1) is 0 Å². The molecule has 0 aliphatic heterocycles. The van der Waals surface area contributed by atoms with Gasteiger partial charge >= 0.3 is 6.03 Å². The molecule has 0 saturated heterocycles. The van der Waals surface area contributed by atoms with E-state index in [0.717, 1.165) is 12.0 Å². The average molecular weight is 268 g/mol. The lowest BCUT2D eigenvalue weighted by molar-refractivity contribution is 0.0967. The van der Waals surface area contributed by atoms with Crippen molar-refractivity contribution in [3.05, 3.63) is 65.7 Å². The number of para-hydroxylation sites is 1. The fourth-order valence-corrected chi connectivity index (χ4v) is 1.87. The molecule has 0 aliphatic carbocycles. The van der Waals surface area contributed by atoms with E-state index in [0.29, 0.717) is 11.3 Å². The van der Waals surface area contributed by atoms with Crippen LogP contribution >= 0.6 is 0 Å². The highest BCUT2D eigenvalue weighted by molar-refractivity contribution is 6.08. The third-order valence-electron chi connectivity index (χ3n) is 2.91. The molecule has 0 aliphatic rings. The number of amides is 3. The second-order valence-electron chi connectivity index (χ2n) is 4.28. The van der Waals surface area contributed by atoms with Gasteiger partial charge in [-0.2, -0.15) is 0 Å². The van der Waals surface area contributed by atoms with E-state index in [1.54, 1.807) is 24.3 Å². The van der Waals surface area contributed by atoms with Crippen molar-refractivity contribution in [2.75, 3.05) is 5.32 Å². The van der Waals surface area contributed by atoms with E-state index >= 15 is 0 Å². The third-order valence-corrected chi connectivity index (χ3v) is 2.91. The Labute approximate surface area is 117 Å². The summed E-state index contributed by atoms with van der Waals surface area (Å²) in [5.74, 6) is -0.419. The SMILES string of the molecule is CCc1ccccc1NC(=O)NC(=O)c1ccccc1. The minimum atomic E-state index is -0.528. The Hall–Kier alpha value is -2.62. The van der Waals surface area contributed by atoms with Gasteiger partial charge in [0.05, 0.1) is 0 Å². The number of hydrogen-bond acceptors (Lipinski definition) is 2. The highest BCUT2D eigenvalue weighted by Crippen LogP contribution is 2.15. The molecule has 0 radical (unpaired) electrons. The zero-order chi connectivity index (χ0) is 14.4. The van der Waals surface area contributed by atoms with Crippen molar-refractivity contribution in [2.45, 2.75) is 13.3 Å². The first kappa shape index (κ1) is 13.8. The third kappa shape index (κ3) is 3.45. The van der Waals surface area contributed by atoms with Gasteiger partial charge in [-0.25, -0.2) is 4.79 Å². The number of benzene rings is 2. The lowest BCUT2D eigenvalue weighted by Gasteiger charge is -2.10. The number of imide groups is 1. The maximum absolute atomic E-state index is 11.8. The molecule has 0 aromatic heterocycles. The predicted octanol–water partition coefficient (Wildman–Crippen LogP) is 3.21. The van der Waals surface area contributed by atoms with E-state index in [-0.39, 0.29) is 0 Å². The Morgan fingerprint density at radius 2 is 1.60 bits per heavy atom. The van der Waals surface area contributed by atoms with Crippen LogP contribution in [-0.2, 0) is 6.42 Å². The Morgan fingerprint density at radius 1 is 0.950 bits per heavy atom. The van der Waals surface area contributed by atoms with E-state index in [1.165, 1.54) is 0 Å². The summed E-state index contributed by atoms with van der Waals surface area (Å²) in [5.41, 5.74) is 2.19. The topological polar surface area (TPSA) is 58.2 Å². The molecule has 4 heteroatoms. The van der Waals surface area contributed by atoms with Gasteiger partial charge in [0.2, 0.25) is 0 Å². The minimum absolute atomic E-state index is 0.419. The molecule has 0 heterocycles. The van der Waals surface area contributed by atoms with Crippen LogP contribution in [0.3, 0.4) is 0 Å². The maximum Gasteiger partial charge on any atom is 0.326 e. The largest absolute Gasteiger partial charge is 0.326 e. The van der Waals surface area contributed by atoms with Crippen LogP contribution in [0.2, 0.25) is 0 Å². The number of carbonyl (C=O) groups excluding carboxylic acids is 2. The molecule has 3 amide bonds. The number of carbonyl (C=O) groups is 2. The van der Waals surface area contributed by atoms with Gasteiger partial charge in [-0.15, -0.1) is 0 Å². The summed E-state index contributed by atoms with van der Waals surface area (Å²) in [6.07, 6.45) is 0.809. The van der Waals surface area contributed by atoms with Crippen LogP contribution in [0.5, 0.6) is 0 Å². The van der Waals surface area contributed by atoms with Gasteiger partial charge in [0.1, 0.15) is 0 Å². The van der Waals surface area contributed by atoms with Crippen LogP contribution in [0.4, 0.5) is 10.5 Å². The first-order chi connectivity index (χ1) is 9.70. The second-order valence-corrected chi connectivity index (χ2v) is 4.28. The lowest BCUT2D eigenvalue weighted by Crippen LogP contribution is -2.34. The summed E-state index contributed by atoms with van der Waals surface area (Å²) >= 11 is 0. The summed E-state index contributed by atoms with van der Waals surface area (Å²) in [7, 11) is 0. The highest BCUT2D eigenvalue weighted by Gasteiger charge is 2.10. The zero-order valence-corrected chi connectivity index (χ0v) is 11.2. The van der Waals surface area contributed by atoms with Crippen LogP contribution in [0.15, 0.2) is 54.6 Å². The summed E-state index contributed by atoms with van der Waals surface area (Å²) in [4.78, 5) is 23.6. The summed E-state index contributed by atoms with van der Waals surface area (Å²) < 4.78 is 0. The van der Waals surface area contributed by atoms with Gasteiger partial charge < -0.3 is 5.32 Å². The Balaban J connectivity index is 2.01. The molecule has 102 valence electrons. The maximum atomic E-state index is 11.8. The molecule has 0 saturated carbocycles. The van der Waals surface area contributed by atoms with Crippen molar-refractivity contribution in [3.8, 4) is 0 Å². The van der Waals surface area contributed by atoms with Crippen LogP contribution in [-0.4, -0.2) is 11.9 Å². The first-order valence-corrected chi connectivity index (χ1v) is 6.46. The molecule has 2 aromatic rings. The Kier molecular flexibility index (Phi) is 4.50. The smallest absolute Gasteiger partial charge is 0.307 e. The van der Waals surface area contributed by atoms with Crippen molar-refractivity contribution in [1.29, 1.82) is 0 Å². The fraction of sp³-hybridized carbons (Fsp3) is 0.125. The zero-order valence-electron chi connectivity index (χ0n) is 11.2. The number of urea groups is 1. The predicted molar refractivity (Wildman–Crippen MR) is 78.7 cm³/mol. The van der Waals surface area contributed by atoms with Crippen molar-refractivity contribution < 1.29 is 9.59 Å². The molecule has 2 N–H and O–H groups in total. The Bertz CT molecular complexity index is 609. The molecule has 0 bridgehead atoms. The summed E-state index contributed by atoms with van der Waals surface area (Å²) in [6.45, 7) is 2.01. The van der Waals surface area contributed by atoms with Gasteiger partial charge in [-0.1, -0.05) is 43.3 Å². The van der Waals surface area contributed by atoms with Crippen LogP contribution in [0.25, 0.3) is 0 Å². The van der Waals surface area contributed by atoms with Crippen LogP contribution < -0.4 is 10.6 Å². The number of nitrogens with one attached hydrogen (secondary N) is 2. The Morgan fingerprint density at radius 3 is 2.30 bits per heavy atom. The minimum Gasteiger partial charge on any atom is -0.307 e. The van der Waals surface area contributed by atoms with Gasteiger partial charge in [-0.05, 0) is 30.2 Å². The van der Waals surface area contributed by atoms with Crippen LogP contribution in [0.1, 0.15) is 22.8 Å². The molecule has 4 nitrogen and oxygen atoms in total. The number of hydrogen-bond donors (Lipinski definition) is 2. The molecule has 0 fully saturated rings. The summed E-state index contributed by atoms with van der Waals surface area (Å²) in [5, 5.41) is 5.00. The van der Waals surface area contributed by atoms with E-state index in [9.17, 15) is 9.59 Å². The quantitative estimate of drug-likeness (QED) is 0.898. The fourth-order valence-electron chi connectivity index (χ4n) is 1.87. The van der Waals surface area contributed by atoms with E-state index in [2.05, 4.69) is 10.6 Å². The van der Waals surface area contributed by atoms with Crippen molar-refractivity contribution >= 4 is 17.6 Å². The van der Waals surface area contributed by atoms with Gasteiger partial charge in [0.15, 0.2) is 0 Å². The average Bonchev–Trinajstić information content (AvgIpc) is 2.48. The molecule has 2 rings (SSSR count). The van der Waals surface area contributed by atoms with Crippen molar-refractivity contribution in [1.82, 2.24) is 5.32 Å². The monoisotopic (exact) mass is 268 g/mol. The second kappa shape index (κ2) is 6.52. The number of aryl methyl sites for hydroxylation is 1. The molecular formula is C16H16N2O2. The lowest BCUT2D eigenvalue weighted by atomic mass is 10.1. The molecule has 2 aromatic carbocycles. The highest BCUT2D eigenvalue weighted by atomic mass is 16.2. The van der Waals surface area contributed by atoms with Gasteiger partial charge in [-0.3, -0.25) is 10.1 Å². The van der Waals surface area contributed by atoms with Gasteiger partial charge in [0, 0.05) is 11.3 Å². The number of rotatable bonds is 3. The number of anilines is 1. The van der Waals surface area contributed by atoms with E-state index < -0.39 is 11.9 Å². The first-order valence-electron chi connectivity index (χ1n) is 6.46. The molecule has 0 unspecified atom stereocenters. The van der Waals surface area contributed by atoms with E-state index in [4.69, 9.17) is 0 Å². The molecular weight excluding hydrogens is 252 g/mol.